The molecule has 1 aromatic rings. The molecule has 0 heterocycles. The molecule has 0 bridgehead atoms. The van der Waals surface area contributed by atoms with Crippen molar-refractivity contribution < 1.29 is 14.3 Å². The van der Waals surface area contributed by atoms with Crippen molar-refractivity contribution in [3.05, 3.63) is 29.8 Å². The summed E-state index contributed by atoms with van der Waals surface area (Å²) in [5.74, 6) is 0.811. The van der Waals surface area contributed by atoms with Crippen LogP contribution in [0.4, 0.5) is 0 Å². The Morgan fingerprint density at radius 1 is 1.16 bits per heavy atom. The maximum atomic E-state index is 11.9. The van der Waals surface area contributed by atoms with Crippen molar-refractivity contribution >= 4 is 11.7 Å². The monoisotopic (exact) mass is 263 g/mol. The molecule has 0 unspecified atom stereocenters. The van der Waals surface area contributed by atoms with E-state index in [1.807, 2.05) is 6.92 Å². The van der Waals surface area contributed by atoms with E-state index in [0.29, 0.717) is 31.4 Å². The van der Waals surface area contributed by atoms with Gasteiger partial charge in [-0.3, -0.25) is 9.59 Å². The third-order valence-electron chi connectivity index (χ3n) is 2.79. The Balaban J connectivity index is 2.32. The van der Waals surface area contributed by atoms with Crippen LogP contribution in [0.25, 0.3) is 0 Å². The molecule has 4 nitrogen and oxygen atoms in total. The molecule has 1 amide bonds. The van der Waals surface area contributed by atoms with Gasteiger partial charge in [-0.05, 0) is 37.1 Å². The van der Waals surface area contributed by atoms with E-state index < -0.39 is 0 Å². The molecule has 0 atom stereocenters. The molecule has 19 heavy (non-hydrogen) atoms. The molecular weight excluding hydrogens is 242 g/mol. The highest BCUT2D eigenvalue weighted by Crippen LogP contribution is 2.13. The van der Waals surface area contributed by atoms with Crippen LogP contribution < -0.4 is 10.1 Å². The number of methoxy groups -OCH3 is 1. The first-order chi connectivity index (χ1) is 9.17. The Bertz CT molecular complexity index is 412. The van der Waals surface area contributed by atoms with E-state index >= 15 is 0 Å². The van der Waals surface area contributed by atoms with Crippen LogP contribution in [0.3, 0.4) is 0 Å². The van der Waals surface area contributed by atoms with Gasteiger partial charge in [0.05, 0.1) is 7.11 Å². The van der Waals surface area contributed by atoms with Gasteiger partial charge in [-0.1, -0.05) is 6.92 Å². The highest BCUT2D eigenvalue weighted by Gasteiger charge is 2.07. The van der Waals surface area contributed by atoms with Crippen LogP contribution in [-0.2, 0) is 4.79 Å². The predicted molar refractivity (Wildman–Crippen MR) is 74.5 cm³/mol. The second-order valence-corrected chi connectivity index (χ2v) is 4.36. The van der Waals surface area contributed by atoms with Crippen LogP contribution in [0, 0.1) is 0 Å². The van der Waals surface area contributed by atoms with Crippen LogP contribution in [-0.4, -0.2) is 25.3 Å². The fourth-order valence-electron chi connectivity index (χ4n) is 1.68. The Morgan fingerprint density at radius 2 is 1.84 bits per heavy atom. The fourth-order valence-corrected chi connectivity index (χ4v) is 1.68. The molecule has 0 radical (unpaired) electrons. The molecular formula is C15H21NO3. The largest absolute Gasteiger partial charge is 0.497 e. The number of hydrogen-bond acceptors (Lipinski definition) is 3. The van der Waals surface area contributed by atoms with Crippen molar-refractivity contribution in [2.75, 3.05) is 13.7 Å². The number of ketones is 1. The summed E-state index contributed by atoms with van der Waals surface area (Å²) in [6, 6.07) is 7.03. The molecule has 104 valence electrons. The van der Waals surface area contributed by atoms with Crippen molar-refractivity contribution in [3.63, 3.8) is 0 Å². The van der Waals surface area contributed by atoms with E-state index in [2.05, 4.69) is 5.32 Å². The Hall–Kier alpha value is -1.84. The van der Waals surface area contributed by atoms with Gasteiger partial charge in [-0.15, -0.1) is 0 Å². The summed E-state index contributed by atoms with van der Waals surface area (Å²) < 4.78 is 5.03. The highest BCUT2D eigenvalue weighted by atomic mass is 16.5. The van der Waals surface area contributed by atoms with E-state index in [9.17, 15) is 9.59 Å². The number of carbonyl (C=O) groups excluding carboxylic acids is 2. The summed E-state index contributed by atoms with van der Waals surface area (Å²) in [6.07, 6.45) is 2.31. The van der Waals surface area contributed by atoms with E-state index in [1.54, 1.807) is 31.4 Å². The number of rotatable bonds is 8. The van der Waals surface area contributed by atoms with Gasteiger partial charge in [-0.25, -0.2) is 0 Å². The first-order valence-electron chi connectivity index (χ1n) is 6.61. The molecule has 4 heteroatoms. The van der Waals surface area contributed by atoms with Crippen LogP contribution in [0.1, 0.15) is 43.0 Å². The third kappa shape index (κ3) is 5.55. The summed E-state index contributed by atoms with van der Waals surface area (Å²) in [4.78, 5) is 23.2. The molecule has 0 saturated carbocycles. The Labute approximate surface area is 114 Å². The van der Waals surface area contributed by atoms with Gasteiger partial charge in [-0.2, -0.15) is 0 Å². The minimum Gasteiger partial charge on any atom is -0.497 e. The summed E-state index contributed by atoms with van der Waals surface area (Å²) >= 11 is 0. The smallest absolute Gasteiger partial charge is 0.220 e. The zero-order chi connectivity index (χ0) is 14.1. The number of Topliss-reactive ketones (excluding diaryl/α,β-unsaturated/α-hetero) is 1. The van der Waals surface area contributed by atoms with Crippen molar-refractivity contribution in [1.82, 2.24) is 5.32 Å². The Kier molecular flexibility index (Phi) is 6.64. The SMILES string of the molecule is CCCNC(=O)CCCC(=O)c1ccc(OC)cc1. The van der Waals surface area contributed by atoms with Gasteiger partial charge < -0.3 is 10.1 Å². The van der Waals surface area contributed by atoms with E-state index in [4.69, 9.17) is 4.74 Å². The van der Waals surface area contributed by atoms with E-state index in [0.717, 1.165) is 12.2 Å². The lowest BCUT2D eigenvalue weighted by atomic mass is 10.1. The van der Waals surface area contributed by atoms with Crippen molar-refractivity contribution in [3.8, 4) is 5.75 Å². The number of ether oxygens (including phenoxy) is 1. The molecule has 0 saturated heterocycles. The fraction of sp³-hybridized carbons (Fsp3) is 0.467. The molecule has 1 aromatic carbocycles. The number of benzene rings is 1. The maximum Gasteiger partial charge on any atom is 0.220 e. The van der Waals surface area contributed by atoms with Crippen molar-refractivity contribution in [1.29, 1.82) is 0 Å². The minimum absolute atomic E-state index is 0.0179. The molecule has 1 rings (SSSR count). The third-order valence-corrected chi connectivity index (χ3v) is 2.79. The lowest BCUT2D eigenvalue weighted by Crippen LogP contribution is -2.23. The van der Waals surface area contributed by atoms with Gasteiger partial charge in [0.25, 0.3) is 0 Å². The van der Waals surface area contributed by atoms with Crippen LogP contribution >= 0.6 is 0 Å². The second kappa shape index (κ2) is 8.29. The average molecular weight is 263 g/mol. The number of nitrogens with one attached hydrogen (secondary N) is 1. The van der Waals surface area contributed by atoms with Gasteiger partial charge >= 0.3 is 0 Å². The van der Waals surface area contributed by atoms with E-state index in [-0.39, 0.29) is 11.7 Å². The van der Waals surface area contributed by atoms with Gasteiger partial charge in [0, 0.05) is 24.9 Å². The molecule has 0 spiro atoms. The molecule has 0 aromatic heterocycles. The minimum atomic E-state index is 0.0179. The first-order valence-corrected chi connectivity index (χ1v) is 6.61. The highest BCUT2D eigenvalue weighted by molar-refractivity contribution is 5.96. The molecule has 0 aliphatic carbocycles. The average Bonchev–Trinajstić information content (AvgIpc) is 2.45. The van der Waals surface area contributed by atoms with Crippen molar-refractivity contribution in [2.45, 2.75) is 32.6 Å². The quantitative estimate of drug-likeness (QED) is 0.733. The van der Waals surface area contributed by atoms with Crippen molar-refractivity contribution in [2.24, 2.45) is 0 Å². The molecule has 1 N–H and O–H groups in total. The van der Waals surface area contributed by atoms with Gasteiger partial charge in [0.15, 0.2) is 5.78 Å². The van der Waals surface area contributed by atoms with Gasteiger partial charge in [0.2, 0.25) is 5.91 Å². The lowest BCUT2D eigenvalue weighted by molar-refractivity contribution is -0.121. The second-order valence-electron chi connectivity index (χ2n) is 4.36. The zero-order valence-corrected chi connectivity index (χ0v) is 11.6. The molecule has 0 fully saturated rings. The topological polar surface area (TPSA) is 55.4 Å². The molecule has 0 aliphatic rings. The van der Waals surface area contributed by atoms with Crippen LogP contribution in [0.2, 0.25) is 0 Å². The predicted octanol–water partition coefficient (Wildman–Crippen LogP) is 2.57. The summed E-state index contributed by atoms with van der Waals surface area (Å²) in [5.41, 5.74) is 0.662. The normalized spacial score (nSPS) is 10.0. The Morgan fingerprint density at radius 3 is 2.42 bits per heavy atom. The van der Waals surface area contributed by atoms with Crippen LogP contribution in [0.15, 0.2) is 24.3 Å². The maximum absolute atomic E-state index is 11.9. The summed E-state index contributed by atoms with van der Waals surface area (Å²) in [6.45, 7) is 2.71. The molecule has 0 aliphatic heterocycles. The summed E-state index contributed by atoms with van der Waals surface area (Å²) in [5, 5.41) is 2.79. The van der Waals surface area contributed by atoms with E-state index in [1.165, 1.54) is 0 Å². The standard InChI is InChI=1S/C15H21NO3/c1-3-11-16-15(18)6-4-5-14(17)12-7-9-13(19-2)10-8-12/h7-10H,3-6,11H2,1-2H3,(H,16,18). The number of carbonyl (C=O) groups is 2. The number of amides is 1. The number of hydrogen-bond donors (Lipinski definition) is 1. The lowest BCUT2D eigenvalue weighted by Gasteiger charge is -2.04. The first kappa shape index (κ1) is 15.2. The van der Waals surface area contributed by atoms with Gasteiger partial charge in [0.1, 0.15) is 5.75 Å². The summed E-state index contributed by atoms with van der Waals surface area (Å²) in [7, 11) is 1.59. The van der Waals surface area contributed by atoms with Crippen LogP contribution in [0.5, 0.6) is 5.75 Å². The zero-order valence-electron chi connectivity index (χ0n) is 11.6.